The summed E-state index contributed by atoms with van der Waals surface area (Å²) in [6.45, 7) is 0. The Morgan fingerprint density at radius 1 is 1.67 bits per heavy atom. The third kappa shape index (κ3) is 0.912. The van der Waals surface area contributed by atoms with Crippen molar-refractivity contribution in [2.75, 3.05) is 5.73 Å². The molecule has 44 valence electrons. The van der Waals surface area contributed by atoms with Crippen LogP contribution in [0.25, 0.3) is 0 Å². The van der Waals surface area contributed by atoms with Crippen LogP contribution in [0.5, 0.6) is 0 Å². The molecule has 0 amide bonds. The Kier molecular flexibility index (Phi) is 1.24. The maximum atomic E-state index is 8.26. The molecular formula is C4H3N5. The Balaban J connectivity index is 3.20. The number of nitrogen functional groups attached to an aromatic ring is 1. The van der Waals surface area contributed by atoms with Gasteiger partial charge in [0.15, 0.2) is 11.5 Å². The first-order chi connectivity index (χ1) is 4.34. The molecule has 0 aliphatic heterocycles. The molecule has 0 aliphatic carbocycles. The number of aromatic nitrogens is 3. The van der Waals surface area contributed by atoms with Crippen molar-refractivity contribution >= 4 is 5.82 Å². The van der Waals surface area contributed by atoms with Gasteiger partial charge >= 0.3 is 0 Å². The molecule has 1 aromatic heterocycles. The van der Waals surface area contributed by atoms with E-state index in [0.29, 0.717) is 0 Å². The lowest BCUT2D eigenvalue weighted by Gasteiger charge is -1.87. The summed E-state index contributed by atoms with van der Waals surface area (Å²) < 4.78 is 0. The van der Waals surface area contributed by atoms with Gasteiger partial charge in [-0.15, -0.1) is 10.2 Å². The Hall–Kier alpha value is -1.70. The van der Waals surface area contributed by atoms with Crippen molar-refractivity contribution in [3.63, 3.8) is 0 Å². The quantitative estimate of drug-likeness (QED) is 0.491. The number of nitrogens with zero attached hydrogens (tertiary/aromatic N) is 4. The van der Waals surface area contributed by atoms with Crippen LogP contribution in [0.3, 0.4) is 0 Å². The maximum Gasteiger partial charge on any atom is 0.186 e. The van der Waals surface area contributed by atoms with Gasteiger partial charge in [-0.25, -0.2) is 4.98 Å². The Bertz CT molecular complexity index is 249. The van der Waals surface area contributed by atoms with E-state index in [1.807, 2.05) is 0 Å². The van der Waals surface area contributed by atoms with Crippen LogP contribution >= 0.6 is 0 Å². The van der Waals surface area contributed by atoms with Gasteiger partial charge in [0.2, 0.25) is 0 Å². The fourth-order valence-corrected chi connectivity index (χ4v) is 0.371. The second-order valence-corrected chi connectivity index (χ2v) is 1.31. The third-order valence-electron chi connectivity index (χ3n) is 0.752. The van der Waals surface area contributed by atoms with Crippen LogP contribution in [0.4, 0.5) is 5.82 Å². The van der Waals surface area contributed by atoms with E-state index in [0.717, 1.165) is 0 Å². The molecule has 0 saturated carbocycles. The lowest BCUT2D eigenvalue weighted by atomic mass is 10.5. The van der Waals surface area contributed by atoms with Gasteiger partial charge in [0.1, 0.15) is 12.4 Å². The van der Waals surface area contributed by atoms with E-state index in [-0.39, 0.29) is 11.5 Å². The van der Waals surface area contributed by atoms with Crippen LogP contribution in [0.15, 0.2) is 6.33 Å². The molecule has 0 bridgehead atoms. The molecule has 2 N–H and O–H groups in total. The summed E-state index contributed by atoms with van der Waals surface area (Å²) in [7, 11) is 0. The van der Waals surface area contributed by atoms with Gasteiger partial charge < -0.3 is 5.73 Å². The molecule has 0 unspecified atom stereocenters. The second kappa shape index (κ2) is 2.05. The van der Waals surface area contributed by atoms with Crippen molar-refractivity contribution in [3.8, 4) is 6.07 Å². The summed E-state index contributed by atoms with van der Waals surface area (Å²) in [6.07, 6.45) is 1.18. The van der Waals surface area contributed by atoms with Gasteiger partial charge in [-0.3, -0.25) is 0 Å². The van der Waals surface area contributed by atoms with Gasteiger partial charge in [0.25, 0.3) is 0 Å². The van der Waals surface area contributed by atoms with Gasteiger partial charge in [-0.2, -0.15) is 5.26 Å². The van der Waals surface area contributed by atoms with Crippen LogP contribution < -0.4 is 5.73 Å². The molecule has 0 atom stereocenters. The smallest absolute Gasteiger partial charge is 0.186 e. The zero-order valence-electron chi connectivity index (χ0n) is 4.44. The SMILES string of the molecule is N#Cc1ncnnc1N. The first kappa shape index (κ1) is 5.44. The minimum absolute atomic E-state index is 0.0694. The Morgan fingerprint density at radius 3 is 2.89 bits per heavy atom. The number of hydrogen-bond donors (Lipinski definition) is 1. The topological polar surface area (TPSA) is 88.5 Å². The van der Waals surface area contributed by atoms with Gasteiger partial charge in [0.05, 0.1) is 0 Å². The van der Waals surface area contributed by atoms with Crippen LogP contribution in [-0.4, -0.2) is 15.2 Å². The number of nitriles is 1. The van der Waals surface area contributed by atoms with E-state index in [9.17, 15) is 0 Å². The molecule has 0 aliphatic rings. The van der Waals surface area contributed by atoms with Crippen LogP contribution in [-0.2, 0) is 0 Å². The highest BCUT2D eigenvalue weighted by Crippen LogP contribution is 1.96. The first-order valence-electron chi connectivity index (χ1n) is 2.18. The predicted molar refractivity (Wildman–Crippen MR) is 29.0 cm³/mol. The summed E-state index contributed by atoms with van der Waals surface area (Å²) in [4.78, 5) is 3.54. The fourth-order valence-electron chi connectivity index (χ4n) is 0.371. The van der Waals surface area contributed by atoms with Crippen molar-refractivity contribution in [1.82, 2.24) is 15.2 Å². The molecule has 1 rings (SSSR count). The molecular weight excluding hydrogens is 118 g/mol. The van der Waals surface area contributed by atoms with E-state index < -0.39 is 0 Å². The zero-order chi connectivity index (χ0) is 6.69. The van der Waals surface area contributed by atoms with Gasteiger partial charge in [0, 0.05) is 0 Å². The Morgan fingerprint density at radius 2 is 2.44 bits per heavy atom. The summed E-state index contributed by atoms with van der Waals surface area (Å²) in [6, 6.07) is 1.76. The third-order valence-corrected chi connectivity index (χ3v) is 0.752. The highest BCUT2D eigenvalue weighted by Gasteiger charge is 1.96. The molecule has 0 saturated heterocycles. The standard InChI is InChI=1S/C4H3N5/c5-1-3-4(6)9-8-2-7-3/h2H,(H2,6,9). The molecule has 5 nitrogen and oxygen atoms in total. The molecule has 9 heavy (non-hydrogen) atoms. The van der Waals surface area contributed by atoms with Gasteiger partial charge in [-0.1, -0.05) is 0 Å². The average molecular weight is 121 g/mol. The second-order valence-electron chi connectivity index (χ2n) is 1.31. The van der Waals surface area contributed by atoms with Crippen molar-refractivity contribution in [2.24, 2.45) is 0 Å². The number of hydrogen-bond acceptors (Lipinski definition) is 5. The molecule has 0 spiro atoms. The van der Waals surface area contributed by atoms with E-state index in [1.54, 1.807) is 6.07 Å². The fraction of sp³-hybridized carbons (Fsp3) is 0. The lowest BCUT2D eigenvalue weighted by molar-refractivity contribution is 0.968. The molecule has 0 aromatic carbocycles. The lowest BCUT2D eigenvalue weighted by Crippen LogP contribution is -1.98. The number of anilines is 1. The first-order valence-corrected chi connectivity index (χ1v) is 2.18. The monoisotopic (exact) mass is 121 g/mol. The van der Waals surface area contributed by atoms with E-state index >= 15 is 0 Å². The van der Waals surface area contributed by atoms with Crippen molar-refractivity contribution in [2.45, 2.75) is 0 Å². The average Bonchev–Trinajstić information content (AvgIpc) is 1.89. The highest BCUT2D eigenvalue weighted by atomic mass is 15.2. The predicted octanol–water partition coefficient (Wildman–Crippen LogP) is -0.675. The summed E-state index contributed by atoms with van der Waals surface area (Å²) >= 11 is 0. The molecule has 5 heteroatoms. The van der Waals surface area contributed by atoms with E-state index in [4.69, 9.17) is 11.0 Å². The zero-order valence-corrected chi connectivity index (χ0v) is 4.44. The minimum Gasteiger partial charge on any atom is -0.380 e. The van der Waals surface area contributed by atoms with Crippen molar-refractivity contribution < 1.29 is 0 Å². The normalized spacial score (nSPS) is 8.33. The van der Waals surface area contributed by atoms with E-state index in [1.165, 1.54) is 6.33 Å². The number of rotatable bonds is 0. The minimum atomic E-state index is 0.0694. The van der Waals surface area contributed by atoms with E-state index in [2.05, 4.69) is 15.2 Å². The summed E-state index contributed by atoms with van der Waals surface area (Å²) in [5.41, 5.74) is 5.29. The Labute approximate surface area is 51.2 Å². The molecule has 0 radical (unpaired) electrons. The van der Waals surface area contributed by atoms with Crippen LogP contribution in [0.1, 0.15) is 5.69 Å². The van der Waals surface area contributed by atoms with Crippen LogP contribution in [0.2, 0.25) is 0 Å². The molecule has 0 fully saturated rings. The molecule has 1 heterocycles. The summed E-state index contributed by atoms with van der Waals surface area (Å²) in [5, 5.41) is 15.0. The highest BCUT2D eigenvalue weighted by molar-refractivity contribution is 5.40. The van der Waals surface area contributed by atoms with Gasteiger partial charge in [-0.05, 0) is 0 Å². The maximum absolute atomic E-state index is 8.26. The van der Waals surface area contributed by atoms with Crippen molar-refractivity contribution in [1.29, 1.82) is 5.26 Å². The number of nitrogens with two attached hydrogens (primary N) is 1. The largest absolute Gasteiger partial charge is 0.380 e. The molecule has 1 aromatic rings. The summed E-state index contributed by atoms with van der Waals surface area (Å²) in [5.74, 6) is 0.0694. The van der Waals surface area contributed by atoms with Crippen LogP contribution in [0, 0.1) is 11.3 Å². The van der Waals surface area contributed by atoms with Crippen molar-refractivity contribution in [3.05, 3.63) is 12.0 Å².